The Bertz CT molecular complexity index is 366. The Morgan fingerprint density at radius 1 is 1.00 bits per heavy atom. The van der Waals surface area contributed by atoms with Crippen molar-refractivity contribution in [2.75, 3.05) is 23.7 Å². The Hall–Kier alpha value is -0.630. The summed E-state index contributed by atoms with van der Waals surface area (Å²) >= 11 is 4.68. The summed E-state index contributed by atoms with van der Waals surface area (Å²) in [4.78, 5) is 2.51. The lowest BCUT2D eigenvalue weighted by molar-refractivity contribution is 0.279. The lowest BCUT2D eigenvalue weighted by atomic mass is 9.80. The molecule has 2 heteroatoms. The summed E-state index contributed by atoms with van der Waals surface area (Å²) in [6.45, 7) is 11.2. The number of rotatable bonds is 9. The van der Waals surface area contributed by atoms with Gasteiger partial charge in [0.1, 0.15) is 0 Å². The van der Waals surface area contributed by atoms with Gasteiger partial charge in [-0.2, -0.15) is 12.6 Å². The third-order valence-electron chi connectivity index (χ3n) is 4.20. The molecule has 0 fully saturated rings. The molecule has 0 aliphatic carbocycles. The summed E-state index contributed by atoms with van der Waals surface area (Å²) in [6.07, 6.45) is 5.03. The second kappa shape index (κ2) is 8.61. The fourth-order valence-corrected chi connectivity index (χ4v) is 3.51. The van der Waals surface area contributed by atoms with Gasteiger partial charge in [0.05, 0.1) is 0 Å². The Morgan fingerprint density at radius 3 is 1.95 bits per heavy atom. The molecule has 0 saturated carbocycles. The lowest BCUT2D eigenvalue weighted by Gasteiger charge is -2.38. The second-order valence-corrected chi connectivity index (χ2v) is 6.32. The molecule has 1 rings (SSSR count). The van der Waals surface area contributed by atoms with Crippen LogP contribution in [-0.4, -0.2) is 18.8 Å². The molecule has 0 unspecified atom stereocenters. The molecule has 0 radical (unpaired) electrons. The van der Waals surface area contributed by atoms with Gasteiger partial charge in [0.15, 0.2) is 0 Å². The first kappa shape index (κ1) is 17.4. The number of benzene rings is 1. The molecule has 1 aromatic carbocycles. The van der Waals surface area contributed by atoms with Crippen molar-refractivity contribution in [3.05, 3.63) is 29.8 Å². The number of aryl methyl sites for hydroxylation is 1. The lowest BCUT2D eigenvalue weighted by Crippen LogP contribution is -2.39. The first-order valence-electron chi connectivity index (χ1n) is 8.03. The molecule has 0 atom stereocenters. The van der Waals surface area contributed by atoms with Gasteiger partial charge in [-0.1, -0.05) is 44.4 Å². The predicted octanol–water partition coefficient (Wildman–Crippen LogP) is 5.34. The number of nitrogens with zero attached hydrogens (tertiary/aromatic N) is 1. The first-order chi connectivity index (χ1) is 9.60. The van der Waals surface area contributed by atoms with E-state index in [1.807, 2.05) is 0 Å². The molecule has 1 aromatic rings. The smallest absolute Gasteiger partial charge is 0.0366 e. The minimum atomic E-state index is 0.355. The van der Waals surface area contributed by atoms with Crippen LogP contribution in [0.15, 0.2) is 24.3 Å². The molecule has 0 N–H and O–H groups in total. The molecule has 0 aliphatic heterocycles. The van der Waals surface area contributed by atoms with Crippen molar-refractivity contribution in [2.45, 2.75) is 53.4 Å². The molecule has 0 bridgehead atoms. The number of anilines is 1. The maximum Gasteiger partial charge on any atom is 0.0366 e. The van der Waals surface area contributed by atoms with Crippen LogP contribution in [0.4, 0.5) is 5.69 Å². The number of hydrogen-bond acceptors (Lipinski definition) is 2. The highest BCUT2D eigenvalue weighted by Crippen LogP contribution is 2.34. The Morgan fingerprint density at radius 2 is 1.55 bits per heavy atom. The molecule has 0 spiro atoms. The molecule has 0 aromatic heterocycles. The highest BCUT2D eigenvalue weighted by Gasteiger charge is 2.29. The van der Waals surface area contributed by atoms with Crippen LogP contribution < -0.4 is 4.90 Å². The van der Waals surface area contributed by atoms with Gasteiger partial charge in [-0.25, -0.2) is 0 Å². The van der Waals surface area contributed by atoms with E-state index in [0.717, 1.165) is 18.8 Å². The van der Waals surface area contributed by atoms with E-state index in [9.17, 15) is 0 Å². The first-order valence-corrected chi connectivity index (χ1v) is 8.66. The monoisotopic (exact) mass is 293 g/mol. The van der Waals surface area contributed by atoms with Gasteiger partial charge in [-0.05, 0) is 50.0 Å². The Balaban J connectivity index is 2.90. The van der Waals surface area contributed by atoms with E-state index in [0.29, 0.717) is 5.41 Å². The van der Waals surface area contributed by atoms with Gasteiger partial charge < -0.3 is 4.90 Å². The van der Waals surface area contributed by atoms with Crippen molar-refractivity contribution in [1.29, 1.82) is 0 Å². The van der Waals surface area contributed by atoms with Crippen molar-refractivity contribution in [1.82, 2.24) is 0 Å². The fourth-order valence-electron chi connectivity index (χ4n) is 3.10. The highest BCUT2D eigenvalue weighted by molar-refractivity contribution is 7.80. The van der Waals surface area contributed by atoms with Crippen LogP contribution in [-0.2, 0) is 0 Å². The Labute approximate surface area is 131 Å². The van der Waals surface area contributed by atoms with Gasteiger partial charge in [0, 0.05) is 18.8 Å². The fraction of sp³-hybridized carbons (Fsp3) is 0.667. The summed E-state index contributed by atoms with van der Waals surface area (Å²) in [5.74, 6) is 0.983. The van der Waals surface area contributed by atoms with E-state index < -0.39 is 0 Å². The molecule has 0 saturated heterocycles. The van der Waals surface area contributed by atoms with E-state index in [-0.39, 0.29) is 0 Å². The average molecular weight is 294 g/mol. The SMILES string of the molecule is CCCC(CS)(CCC)CN(CC)c1ccc(C)cc1. The van der Waals surface area contributed by atoms with Crippen LogP contribution in [0.1, 0.15) is 52.0 Å². The summed E-state index contributed by atoms with van der Waals surface area (Å²) in [5.41, 5.74) is 3.02. The van der Waals surface area contributed by atoms with Crippen LogP contribution >= 0.6 is 12.6 Å². The zero-order chi connectivity index (χ0) is 15.0. The van der Waals surface area contributed by atoms with Crippen LogP contribution in [0.5, 0.6) is 0 Å². The summed E-state index contributed by atoms with van der Waals surface area (Å²) in [5, 5.41) is 0. The van der Waals surface area contributed by atoms with Gasteiger partial charge in [-0.3, -0.25) is 0 Å². The molecule has 114 valence electrons. The van der Waals surface area contributed by atoms with Crippen LogP contribution in [0, 0.1) is 12.3 Å². The maximum atomic E-state index is 4.68. The largest absolute Gasteiger partial charge is 0.371 e. The molecule has 0 heterocycles. The zero-order valence-corrected chi connectivity index (χ0v) is 14.5. The molecule has 0 amide bonds. The third-order valence-corrected chi connectivity index (χ3v) is 4.87. The van der Waals surface area contributed by atoms with Crippen molar-refractivity contribution in [2.24, 2.45) is 5.41 Å². The van der Waals surface area contributed by atoms with Crippen molar-refractivity contribution >= 4 is 18.3 Å². The minimum Gasteiger partial charge on any atom is -0.371 e. The molecule has 0 aliphatic rings. The summed E-state index contributed by atoms with van der Waals surface area (Å²) in [7, 11) is 0. The normalized spacial score (nSPS) is 11.7. The summed E-state index contributed by atoms with van der Waals surface area (Å²) in [6, 6.07) is 8.92. The molecule has 20 heavy (non-hydrogen) atoms. The summed E-state index contributed by atoms with van der Waals surface area (Å²) < 4.78 is 0. The number of hydrogen-bond donors (Lipinski definition) is 1. The van der Waals surface area contributed by atoms with E-state index in [1.165, 1.54) is 36.9 Å². The molecule has 1 nitrogen and oxygen atoms in total. The molecular formula is C18H31NS. The zero-order valence-electron chi connectivity index (χ0n) is 13.7. The van der Waals surface area contributed by atoms with Gasteiger partial charge >= 0.3 is 0 Å². The van der Waals surface area contributed by atoms with Gasteiger partial charge in [0.2, 0.25) is 0 Å². The van der Waals surface area contributed by atoms with Crippen molar-refractivity contribution in [3.63, 3.8) is 0 Å². The third kappa shape index (κ3) is 4.73. The topological polar surface area (TPSA) is 3.24 Å². The van der Waals surface area contributed by atoms with Crippen LogP contribution in [0.3, 0.4) is 0 Å². The highest BCUT2D eigenvalue weighted by atomic mass is 32.1. The number of thiol groups is 1. The van der Waals surface area contributed by atoms with E-state index in [1.54, 1.807) is 0 Å². The van der Waals surface area contributed by atoms with Crippen LogP contribution in [0.25, 0.3) is 0 Å². The van der Waals surface area contributed by atoms with Crippen molar-refractivity contribution in [3.8, 4) is 0 Å². The average Bonchev–Trinajstić information content (AvgIpc) is 2.46. The van der Waals surface area contributed by atoms with Gasteiger partial charge in [0.25, 0.3) is 0 Å². The van der Waals surface area contributed by atoms with E-state index >= 15 is 0 Å². The predicted molar refractivity (Wildman–Crippen MR) is 95.2 cm³/mol. The van der Waals surface area contributed by atoms with Crippen molar-refractivity contribution < 1.29 is 0 Å². The standard InChI is InChI=1S/C18H31NS/c1-5-12-18(15-20,13-6-2)14-19(7-3)17-10-8-16(4)9-11-17/h8-11,20H,5-7,12-15H2,1-4H3. The van der Waals surface area contributed by atoms with Gasteiger partial charge in [-0.15, -0.1) is 0 Å². The molecular weight excluding hydrogens is 262 g/mol. The maximum absolute atomic E-state index is 4.68. The second-order valence-electron chi connectivity index (χ2n) is 6.01. The van der Waals surface area contributed by atoms with Crippen LogP contribution in [0.2, 0.25) is 0 Å². The minimum absolute atomic E-state index is 0.355. The van der Waals surface area contributed by atoms with E-state index in [4.69, 9.17) is 0 Å². The quantitative estimate of drug-likeness (QED) is 0.602. The Kier molecular flexibility index (Phi) is 7.50. The van der Waals surface area contributed by atoms with E-state index in [2.05, 4.69) is 69.5 Å².